The minimum absolute atomic E-state index is 0.0674. The Morgan fingerprint density at radius 3 is 1.27 bits per heavy atom. The Balaban J connectivity index is 1.49. The van der Waals surface area contributed by atoms with Crippen molar-refractivity contribution in [1.29, 1.82) is 0 Å². The van der Waals surface area contributed by atoms with Crippen LogP contribution in [0, 0.1) is 0 Å². The molecule has 3 heterocycles. The highest BCUT2D eigenvalue weighted by Gasteiger charge is 2.37. The molecule has 0 spiro atoms. The molecule has 0 amide bonds. The number of Topliss-reactive ketones (excluding diaryl/α,β-unsaturated/α-hetero) is 2. The number of fused-ring (bicyclic) bond motifs is 1. The lowest BCUT2D eigenvalue weighted by Crippen LogP contribution is -2.22. The molecular formula is C33H15Cl12N7O2S. The molecular weight excluding hydrogens is 984 g/mol. The second kappa shape index (κ2) is 16.2. The van der Waals surface area contributed by atoms with E-state index in [1.165, 1.54) is 36.0 Å². The van der Waals surface area contributed by atoms with E-state index in [1.807, 2.05) is 24.3 Å². The maximum Gasteiger partial charge on any atom is 0.250 e. The van der Waals surface area contributed by atoms with Crippen LogP contribution in [0.2, 0.25) is 0 Å². The van der Waals surface area contributed by atoms with E-state index in [-0.39, 0.29) is 62.8 Å². The van der Waals surface area contributed by atoms with Gasteiger partial charge in [0, 0.05) is 34.2 Å². The van der Waals surface area contributed by atoms with Crippen LogP contribution in [0.4, 0.5) is 5.69 Å². The van der Waals surface area contributed by atoms with Gasteiger partial charge in [-0.25, -0.2) is 29.9 Å². The Morgan fingerprint density at radius 1 is 0.527 bits per heavy atom. The van der Waals surface area contributed by atoms with Gasteiger partial charge in [0.05, 0.1) is 10.7 Å². The summed E-state index contributed by atoms with van der Waals surface area (Å²) in [5.41, 5.74) is 1.22. The van der Waals surface area contributed by atoms with Crippen LogP contribution in [0.15, 0.2) is 88.3 Å². The van der Waals surface area contributed by atoms with Crippen molar-refractivity contribution in [3.05, 3.63) is 118 Å². The first-order valence-electron chi connectivity index (χ1n) is 14.9. The van der Waals surface area contributed by atoms with Crippen molar-refractivity contribution in [2.45, 2.75) is 20.1 Å². The molecule has 0 fully saturated rings. The van der Waals surface area contributed by atoms with Crippen molar-refractivity contribution in [3.8, 4) is 22.8 Å². The number of para-hydroxylation sites is 1. The predicted molar refractivity (Wildman–Crippen MR) is 224 cm³/mol. The largest absolute Gasteiger partial charge is 0.337 e. The molecule has 22 heteroatoms. The van der Waals surface area contributed by atoms with Crippen LogP contribution >= 0.6 is 151 Å². The van der Waals surface area contributed by atoms with E-state index >= 15 is 0 Å². The van der Waals surface area contributed by atoms with Gasteiger partial charge in [-0.05, 0) is 24.3 Å². The number of hydrogen-bond donors (Lipinski definition) is 0. The van der Waals surface area contributed by atoms with E-state index in [9.17, 15) is 9.59 Å². The fraction of sp³-hybridized carbons (Fsp3) is 0.152. The van der Waals surface area contributed by atoms with Crippen LogP contribution in [-0.4, -0.2) is 48.5 Å². The highest BCUT2D eigenvalue weighted by molar-refractivity contribution is 8.03. The molecule has 0 saturated heterocycles. The van der Waals surface area contributed by atoms with E-state index in [1.54, 1.807) is 36.2 Å². The molecule has 2 aromatic heterocycles. The van der Waals surface area contributed by atoms with Crippen LogP contribution in [0.1, 0.15) is 44.0 Å². The second-order valence-electron chi connectivity index (χ2n) is 11.2. The Labute approximate surface area is 376 Å². The van der Waals surface area contributed by atoms with Crippen LogP contribution in [-0.2, 0) is 15.2 Å². The number of aromatic nitrogens is 6. The lowest BCUT2D eigenvalue weighted by Gasteiger charge is -2.18. The van der Waals surface area contributed by atoms with Gasteiger partial charge in [0.25, 0.3) is 0 Å². The summed E-state index contributed by atoms with van der Waals surface area (Å²) in [6, 6.07) is 19.6. The zero-order chi connectivity index (χ0) is 40.2. The number of allylic oxidation sites excluding steroid dienone is 1. The third-order valence-electron chi connectivity index (χ3n) is 7.46. The average Bonchev–Trinajstić information content (AvgIpc) is 3.45. The van der Waals surface area contributed by atoms with E-state index < -0.39 is 26.7 Å². The van der Waals surface area contributed by atoms with Crippen molar-refractivity contribution in [3.63, 3.8) is 0 Å². The summed E-state index contributed by atoms with van der Waals surface area (Å²) >= 11 is 74.3. The van der Waals surface area contributed by atoms with E-state index in [2.05, 4.69) is 29.9 Å². The Hall–Kier alpha value is -1.61. The fourth-order valence-corrected chi connectivity index (χ4v) is 7.22. The summed E-state index contributed by atoms with van der Waals surface area (Å²) in [6.07, 6.45) is 0. The number of benzene rings is 3. The molecule has 9 nitrogen and oxygen atoms in total. The summed E-state index contributed by atoms with van der Waals surface area (Å²) in [5.74, 6) is -2.81. The maximum atomic E-state index is 14.7. The third-order valence-corrected chi connectivity index (χ3v) is 10.7. The van der Waals surface area contributed by atoms with E-state index in [0.717, 1.165) is 10.6 Å². The summed E-state index contributed by atoms with van der Waals surface area (Å²) in [6.45, 7) is 0. The second-order valence-corrected chi connectivity index (χ2v) is 21.4. The van der Waals surface area contributed by atoms with E-state index in [4.69, 9.17) is 139 Å². The number of thioether (sulfide) groups is 1. The minimum atomic E-state index is -2.12. The number of ketones is 2. The zero-order valence-corrected chi connectivity index (χ0v) is 36.7. The summed E-state index contributed by atoms with van der Waals surface area (Å²) in [7, 11) is 1.74. The molecule has 284 valence electrons. The van der Waals surface area contributed by atoms with Gasteiger partial charge in [-0.2, -0.15) is 0 Å². The fourth-order valence-electron chi connectivity index (χ4n) is 5.02. The zero-order valence-electron chi connectivity index (χ0n) is 26.8. The van der Waals surface area contributed by atoms with Gasteiger partial charge in [0.1, 0.15) is 5.57 Å². The van der Waals surface area contributed by atoms with Crippen molar-refractivity contribution in [1.82, 2.24) is 29.9 Å². The Kier molecular flexibility index (Phi) is 12.7. The molecule has 1 aliphatic rings. The third kappa shape index (κ3) is 9.65. The van der Waals surface area contributed by atoms with Gasteiger partial charge in [0.15, 0.2) is 46.5 Å². The molecule has 0 saturated carbocycles. The average molecular weight is 999 g/mol. The molecule has 0 N–H and O–H groups in total. The molecule has 0 aliphatic carbocycles. The summed E-state index contributed by atoms with van der Waals surface area (Å²) in [5, 5.41) is 0.348. The molecule has 0 radical (unpaired) electrons. The van der Waals surface area contributed by atoms with E-state index in [0.29, 0.717) is 5.03 Å². The first-order valence-corrected chi connectivity index (χ1v) is 20.2. The van der Waals surface area contributed by atoms with Gasteiger partial charge in [-0.15, -0.1) is 0 Å². The highest BCUT2D eigenvalue weighted by Crippen LogP contribution is 2.47. The molecule has 55 heavy (non-hydrogen) atoms. The Bertz CT molecular complexity index is 2200. The van der Waals surface area contributed by atoms with Crippen LogP contribution in [0.5, 0.6) is 0 Å². The molecule has 3 aromatic carbocycles. The minimum Gasteiger partial charge on any atom is -0.337 e. The summed E-state index contributed by atoms with van der Waals surface area (Å²) in [4.78, 5) is 57.0. The van der Waals surface area contributed by atoms with Crippen molar-refractivity contribution in [2.75, 3.05) is 11.9 Å². The lowest BCUT2D eigenvalue weighted by atomic mass is 9.94. The predicted octanol–water partition coefficient (Wildman–Crippen LogP) is 12.2. The first kappa shape index (κ1) is 43.0. The number of carbonyl (C=O) groups is 2. The molecule has 1 aliphatic heterocycles. The topological polar surface area (TPSA) is 115 Å². The number of carbonyl (C=O) groups excluding carboxylic acids is 2. The molecule has 0 atom stereocenters. The molecule has 0 bridgehead atoms. The van der Waals surface area contributed by atoms with Crippen LogP contribution in [0.3, 0.4) is 0 Å². The SMILES string of the molecule is CN1C(=C(C(=O)c2cccc(-c3nc(C(Cl)(Cl)Cl)nc(C(Cl)(Cl)Cl)n3)c2)C(=O)c2cccc(-c3nc(C(Cl)(Cl)Cl)nc(C(Cl)(Cl)Cl)n3)c2)Sc2ccccc21. The van der Waals surface area contributed by atoms with Gasteiger partial charge >= 0.3 is 0 Å². The van der Waals surface area contributed by atoms with Gasteiger partial charge in [-0.3, -0.25) is 9.59 Å². The molecule has 6 rings (SSSR count). The number of alkyl halides is 12. The van der Waals surface area contributed by atoms with Crippen molar-refractivity contribution in [2.24, 2.45) is 0 Å². The van der Waals surface area contributed by atoms with Gasteiger partial charge < -0.3 is 4.90 Å². The van der Waals surface area contributed by atoms with Crippen LogP contribution in [0.25, 0.3) is 22.8 Å². The number of nitrogens with zero attached hydrogens (tertiary/aromatic N) is 7. The van der Waals surface area contributed by atoms with Crippen molar-refractivity contribution >= 4 is 168 Å². The highest BCUT2D eigenvalue weighted by atomic mass is 35.6. The number of halogens is 12. The van der Waals surface area contributed by atoms with Crippen molar-refractivity contribution < 1.29 is 9.59 Å². The smallest absolute Gasteiger partial charge is 0.250 e. The Morgan fingerprint density at radius 2 is 0.909 bits per heavy atom. The summed E-state index contributed by atoms with van der Waals surface area (Å²) < 4.78 is -8.50. The standard InChI is InChI=1S/C33H15Cl12N7O2S/c1-52-18-10-2-3-11-19(18)55-25(52)20(21(53)14-6-4-8-16(12-14)23-46-26(30(34,35)36)50-27(47-23)31(37,38)39)22(54)15-7-5-9-17(13-15)24-48-28(32(40,41)42)51-29(49-24)33(43,44)45/h2-13H,1H3. The molecule has 0 unspecified atom stereocenters. The normalized spacial score (nSPS) is 13.5. The monoisotopic (exact) mass is 993 g/mol. The lowest BCUT2D eigenvalue weighted by molar-refractivity contribution is 0.0961. The number of anilines is 1. The number of rotatable bonds is 6. The van der Waals surface area contributed by atoms with Crippen LogP contribution < -0.4 is 4.90 Å². The van der Waals surface area contributed by atoms with Gasteiger partial charge in [-0.1, -0.05) is 200 Å². The molecule has 5 aromatic rings. The number of hydrogen-bond acceptors (Lipinski definition) is 10. The quantitative estimate of drug-likeness (QED) is 0.0535. The maximum absolute atomic E-state index is 14.7. The first-order chi connectivity index (χ1) is 25.5. The van der Waals surface area contributed by atoms with Gasteiger partial charge in [0.2, 0.25) is 15.2 Å².